The van der Waals surface area contributed by atoms with Crippen molar-refractivity contribution >= 4 is 38.2 Å². The van der Waals surface area contributed by atoms with Gasteiger partial charge in [-0.25, -0.2) is 4.98 Å². The van der Waals surface area contributed by atoms with Crippen molar-refractivity contribution in [1.29, 1.82) is 0 Å². The minimum atomic E-state index is -3.65. The summed E-state index contributed by atoms with van der Waals surface area (Å²) < 4.78 is 28.5. The molecule has 1 amide bonds. The smallest absolute Gasteiger partial charge is 0.285 e. The summed E-state index contributed by atoms with van der Waals surface area (Å²) in [6.45, 7) is 3.06. The van der Waals surface area contributed by atoms with Crippen LogP contribution < -0.4 is 5.32 Å². The summed E-state index contributed by atoms with van der Waals surface area (Å²) >= 11 is 1.44. The van der Waals surface area contributed by atoms with Gasteiger partial charge < -0.3 is 10.2 Å². The molecule has 0 aliphatic carbocycles. The van der Waals surface area contributed by atoms with Crippen LogP contribution in [-0.2, 0) is 14.8 Å². The molecule has 9 heteroatoms. The molecule has 1 N–H and O–H groups in total. The number of likely N-dealkylation sites (tertiary alicyclic amines) is 1. The van der Waals surface area contributed by atoms with Crippen LogP contribution >= 0.6 is 11.3 Å². The molecule has 4 rings (SSSR count). The number of nitrogens with one attached hydrogen (secondary N) is 1. The van der Waals surface area contributed by atoms with Crippen LogP contribution in [0.4, 0.5) is 5.13 Å². The van der Waals surface area contributed by atoms with Gasteiger partial charge in [-0.3, -0.25) is 4.79 Å². The minimum absolute atomic E-state index is 0.0845. The second-order valence-electron chi connectivity index (χ2n) is 6.44. The molecule has 1 fully saturated rings. The Kier molecular flexibility index (Phi) is 4.28. The van der Waals surface area contributed by atoms with E-state index in [1.165, 1.54) is 11.3 Å². The predicted molar refractivity (Wildman–Crippen MR) is 99.9 cm³/mol. The van der Waals surface area contributed by atoms with Crippen molar-refractivity contribution in [2.45, 2.75) is 24.7 Å². The van der Waals surface area contributed by atoms with Gasteiger partial charge in [0, 0.05) is 29.7 Å². The SMILES string of the molecule is Cc1cnc(NC(=O)C2CCCN(C3=NS(=O)(=O)c4ccccc43)C2)s1. The zero-order chi connectivity index (χ0) is 18.3. The number of carbonyl (C=O) groups excluding carboxylic acids is 1. The molecule has 2 aromatic rings. The summed E-state index contributed by atoms with van der Waals surface area (Å²) in [7, 11) is -3.65. The Labute approximate surface area is 155 Å². The van der Waals surface area contributed by atoms with E-state index in [4.69, 9.17) is 0 Å². The van der Waals surface area contributed by atoms with Gasteiger partial charge >= 0.3 is 0 Å². The molecule has 3 heterocycles. The first-order chi connectivity index (χ1) is 12.4. The summed E-state index contributed by atoms with van der Waals surface area (Å²) in [5, 5.41) is 3.46. The summed E-state index contributed by atoms with van der Waals surface area (Å²) in [6, 6.07) is 6.83. The maximum Gasteiger partial charge on any atom is 0.285 e. The van der Waals surface area contributed by atoms with E-state index in [2.05, 4.69) is 14.7 Å². The van der Waals surface area contributed by atoms with Gasteiger partial charge in [-0.05, 0) is 31.9 Å². The Morgan fingerprint density at radius 1 is 1.35 bits per heavy atom. The molecule has 0 spiro atoms. The van der Waals surface area contributed by atoms with Crippen molar-refractivity contribution in [3.05, 3.63) is 40.9 Å². The van der Waals surface area contributed by atoms with Crippen molar-refractivity contribution in [1.82, 2.24) is 9.88 Å². The van der Waals surface area contributed by atoms with Crippen LogP contribution in [0.2, 0.25) is 0 Å². The number of hydrogen-bond acceptors (Lipinski definition) is 6. The highest BCUT2D eigenvalue weighted by Crippen LogP contribution is 2.30. The number of amides is 1. The molecule has 2 aliphatic rings. The molecule has 0 radical (unpaired) electrons. The average Bonchev–Trinajstić information content (AvgIpc) is 3.16. The Bertz CT molecular complexity index is 997. The van der Waals surface area contributed by atoms with E-state index in [0.29, 0.717) is 29.6 Å². The van der Waals surface area contributed by atoms with Gasteiger partial charge in [-0.15, -0.1) is 15.7 Å². The third-order valence-electron chi connectivity index (χ3n) is 4.56. The summed E-state index contributed by atoms with van der Waals surface area (Å²) in [5.41, 5.74) is 0.615. The third kappa shape index (κ3) is 3.12. The van der Waals surface area contributed by atoms with E-state index in [1.54, 1.807) is 30.5 Å². The topological polar surface area (TPSA) is 91.7 Å². The number of aryl methyl sites for hydroxylation is 1. The lowest BCUT2D eigenvalue weighted by atomic mass is 9.96. The number of amidine groups is 1. The van der Waals surface area contributed by atoms with Crippen LogP contribution in [0.1, 0.15) is 23.3 Å². The fourth-order valence-corrected chi connectivity index (χ4v) is 5.22. The molecule has 1 aromatic heterocycles. The Morgan fingerprint density at radius 2 is 2.15 bits per heavy atom. The average molecular weight is 390 g/mol. The van der Waals surface area contributed by atoms with Gasteiger partial charge in [0.25, 0.3) is 10.0 Å². The van der Waals surface area contributed by atoms with Crippen LogP contribution in [0.3, 0.4) is 0 Å². The summed E-state index contributed by atoms with van der Waals surface area (Å²) in [6.07, 6.45) is 3.28. The molecule has 2 aliphatic heterocycles. The van der Waals surface area contributed by atoms with Crippen LogP contribution in [0, 0.1) is 12.8 Å². The number of sulfonamides is 1. The van der Waals surface area contributed by atoms with E-state index >= 15 is 0 Å². The number of benzene rings is 1. The number of hydrogen-bond donors (Lipinski definition) is 1. The minimum Gasteiger partial charge on any atom is -0.355 e. The zero-order valence-corrected chi connectivity index (χ0v) is 15.8. The van der Waals surface area contributed by atoms with E-state index in [0.717, 1.165) is 17.7 Å². The lowest BCUT2D eigenvalue weighted by molar-refractivity contribution is -0.121. The van der Waals surface area contributed by atoms with Crippen LogP contribution in [0.5, 0.6) is 0 Å². The van der Waals surface area contributed by atoms with Crippen molar-refractivity contribution in [2.75, 3.05) is 18.4 Å². The Balaban J connectivity index is 1.53. The maximum atomic E-state index is 12.6. The van der Waals surface area contributed by atoms with Crippen molar-refractivity contribution in [3.8, 4) is 0 Å². The number of piperidine rings is 1. The highest BCUT2D eigenvalue weighted by atomic mass is 32.2. The highest BCUT2D eigenvalue weighted by molar-refractivity contribution is 7.90. The Hall–Kier alpha value is -2.26. The van der Waals surface area contributed by atoms with Gasteiger partial charge in [0.1, 0.15) is 4.90 Å². The maximum absolute atomic E-state index is 12.6. The van der Waals surface area contributed by atoms with Gasteiger partial charge in [-0.2, -0.15) is 8.42 Å². The number of anilines is 1. The number of fused-ring (bicyclic) bond motifs is 1. The lowest BCUT2D eigenvalue weighted by Gasteiger charge is -2.33. The second-order valence-corrected chi connectivity index (χ2v) is 9.24. The quantitative estimate of drug-likeness (QED) is 0.849. The standard InChI is InChI=1S/C17H18N4O3S2/c1-11-9-18-17(25-11)19-16(22)12-5-4-8-21(10-12)15-13-6-2-3-7-14(13)26(23,24)20-15/h2-3,6-7,9,12H,4-5,8,10H2,1H3,(H,18,19,22). The molecular weight excluding hydrogens is 372 g/mol. The van der Waals surface area contributed by atoms with Gasteiger partial charge in [0.05, 0.1) is 5.92 Å². The first-order valence-electron chi connectivity index (χ1n) is 8.37. The number of rotatable bonds is 2. The van der Waals surface area contributed by atoms with E-state index in [1.807, 2.05) is 11.8 Å². The predicted octanol–water partition coefficient (Wildman–Crippen LogP) is 2.25. The molecule has 1 unspecified atom stereocenters. The Morgan fingerprint density at radius 3 is 2.92 bits per heavy atom. The van der Waals surface area contributed by atoms with Crippen molar-refractivity contribution in [2.24, 2.45) is 10.3 Å². The lowest BCUT2D eigenvalue weighted by Crippen LogP contribution is -2.43. The number of nitrogens with zero attached hydrogens (tertiary/aromatic N) is 3. The molecule has 0 saturated carbocycles. The van der Waals surface area contributed by atoms with Crippen molar-refractivity contribution in [3.63, 3.8) is 0 Å². The summed E-state index contributed by atoms with van der Waals surface area (Å²) in [4.78, 5) is 19.9. The van der Waals surface area contributed by atoms with E-state index in [-0.39, 0.29) is 16.7 Å². The number of thiazole rings is 1. The zero-order valence-electron chi connectivity index (χ0n) is 14.2. The molecule has 1 atom stereocenters. The third-order valence-corrected chi connectivity index (χ3v) is 6.71. The van der Waals surface area contributed by atoms with Crippen LogP contribution in [-0.4, -0.2) is 43.1 Å². The highest BCUT2D eigenvalue weighted by Gasteiger charge is 2.35. The number of aromatic nitrogens is 1. The normalized spacial score (nSPS) is 21.2. The summed E-state index contributed by atoms with van der Waals surface area (Å²) in [5.74, 6) is 0.133. The largest absolute Gasteiger partial charge is 0.355 e. The molecule has 0 bridgehead atoms. The van der Waals surface area contributed by atoms with Crippen LogP contribution in [0.15, 0.2) is 39.8 Å². The van der Waals surface area contributed by atoms with E-state index < -0.39 is 10.0 Å². The van der Waals surface area contributed by atoms with Crippen molar-refractivity contribution < 1.29 is 13.2 Å². The van der Waals surface area contributed by atoms with Gasteiger partial charge in [0.2, 0.25) is 5.91 Å². The van der Waals surface area contributed by atoms with Gasteiger partial charge in [-0.1, -0.05) is 12.1 Å². The first-order valence-corrected chi connectivity index (χ1v) is 10.6. The number of carbonyl (C=O) groups is 1. The van der Waals surface area contributed by atoms with Gasteiger partial charge in [0.15, 0.2) is 11.0 Å². The first kappa shape index (κ1) is 17.2. The fourth-order valence-electron chi connectivity index (χ4n) is 3.32. The second kappa shape index (κ2) is 6.48. The monoisotopic (exact) mass is 390 g/mol. The molecule has 136 valence electrons. The molecule has 7 nitrogen and oxygen atoms in total. The molecule has 1 saturated heterocycles. The van der Waals surface area contributed by atoms with E-state index in [9.17, 15) is 13.2 Å². The van der Waals surface area contributed by atoms with Crippen LogP contribution in [0.25, 0.3) is 0 Å². The fraction of sp³-hybridized carbons (Fsp3) is 0.353. The molecular formula is C17H18N4O3S2. The molecule has 26 heavy (non-hydrogen) atoms. The molecule has 1 aromatic carbocycles.